The van der Waals surface area contributed by atoms with Crippen LogP contribution in [0, 0.1) is 17.1 Å². The molecule has 2 aromatic heterocycles. The lowest BCUT2D eigenvalue weighted by atomic mass is 10.1. The summed E-state index contributed by atoms with van der Waals surface area (Å²) in [5, 5.41) is 18.5. The van der Waals surface area contributed by atoms with Crippen LogP contribution < -0.4 is 5.73 Å². The summed E-state index contributed by atoms with van der Waals surface area (Å²) in [4.78, 5) is 0. The van der Waals surface area contributed by atoms with Gasteiger partial charge in [-0.15, -0.1) is 0 Å². The number of nitrogens with zero attached hydrogens (tertiary/aromatic N) is 5. The molecule has 4 rings (SSSR count). The molecule has 0 unspecified atom stereocenters. The minimum Gasteiger partial charge on any atom is -0.382 e. The van der Waals surface area contributed by atoms with Gasteiger partial charge in [0.05, 0.1) is 22.5 Å². The molecule has 0 radical (unpaired) electrons. The topological polar surface area (TPSA) is 85.5 Å². The second kappa shape index (κ2) is 5.46. The van der Waals surface area contributed by atoms with E-state index in [-0.39, 0.29) is 5.56 Å². The Morgan fingerprint density at radius 2 is 1.96 bits per heavy atom. The lowest BCUT2D eigenvalue weighted by molar-refractivity contribution is 0.624. The van der Waals surface area contributed by atoms with Crippen molar-refractivity contribution < 1.29 is 4.39 Å². The smallest absolute Gasteiger partial charge is 0.146 e. The molecule has 2 aromatic carbocycles. The van der Waals surface area contributed by atoms with Gasteiger partial charge in [0.2, 0.25) is 0 Å². The Bertz CT molecular complexity index is 1150. The molecule has 25 heavy (non-hydrogen) atoms. The van der Waals surface area contributed by atoms with Crippen LogP contribution in [0.25, 0.3) is 27.8 Å². The highest BCUT2D eigenvalue weighted by molar-refractivity contribution is 5.81. The van der Waals surface area contributed by atoms with E-state index in [0.717, 1.165) is 16.6 Å². The van der Waals surface area contributed by atoms with Crippen LogP contribution in [0.15, 0.2) is 48.7 Å². The Hall–Kier alpha value is -3.66. The molecule has 0 aliphatic heterocycles. The lowest BCUT2D eigenvalue weighted by Crippen LogP contribution is -2.00. The van der Waals surface area contributed by atoms with E-state index in [1.807, 2.05) is 37.5 Å². The molecule has 4 aromatic rings. The molecule has 0 aliphatic carbocycles. The van der Waals surface area contributed by atoms with Crippen molar-refractivity contribution in [3.8, 4) is 23.0 Å². The molecular weight excluding hydrogens is 319 g/mol. The van der Waals surface area contributed by atoms with Crippen LogP contribution in [0.5, 0.6) is 0 Å². The van der Waals surface area contributed by atoms with Crippen LogP contribution in [0.2, 0.25) is 0 Å². The molecule has 0 saturated carbocycles. The highest BCUT2D eigenvalue weighted by atomic mass is 19.1. The molecule has 0 fully saturated rings. The Labute approximate surface area is 142 Å². The first-order valence-electron chi connectivity index (χ1n) is 7.54. The van der Waals surface area contributed by atoms with Crippen molar-refractivity contribution in [3.63, 3.8) is 0 Å². The largest absolute Gasteiger partial charge is 0.382 e. The first-order valence-corrected chi connectivity index (χ1v) is 7.54. The van der Waals surface area contributed by atoms with Gasteiger partial charge >= 0.3 is 0 Å². The van der Waals surface area contributed by atoms with Gasteiger partial charge in [0.1, 0.15) is 17.7 Å². The van der Waals surface area contributed by atoms with Gasteiger partial charge in [-0.05, 0) is 30.3 Å². The summed E-state index contributed by atoms with van der Waals surface area (Å²) >= 11 is 0. The predicted octanol–water partition coefficient (Wildman–Crippen LogP) is 3.02. The van der Waals surface area contributed by atoms with Crippen molar-refractivity contribution in [1.82, 2.24) is 19.6 Å². The Morgan fingerprint density at radius 3 is 2.72 bits per heavy atom. The average Bonchev–Trinajstić information content (AvgIpc) is 3.15. The molecule has 2 N–H and O–H groups in total. The molecule has 0 spiro atoms. The molecule has 0 bridgehead atoms. The fourth-order valence-corrected chi connectivity index (χ4v) is 2.84. The summed E-state index contributed by atoms with van der Waals surface area (Å²) in [6.07, 6.45) is 1.91. The second-order valence-corrected chi connectivity index (χ2v) is 5.72. The number of fused-ring (bicyclic) bond motifs is 1. The van der Waals surface area contributed by atoms with Gasteiger partial charge in [0.15, 0.2) is 0 Å². The third-order valence-corrected chi connectivity index (χ3v) is 3.96. The number of benzene rings is 2. The maximum Gasteiger partial charge on any atom is 0.146 e. The molecule has 2 heterocycles. The quantitative estimate of drug-likeness (QED) is 0.611. The van der Waals surface area contributed by atoms with Crippen LogP contribution >= 0.6 is 0 Å². The van der Waals surface area contributed by atoms with E-state index in [9.17, 15) is 4.39 Å². The zero-order valence-corrected chi connectivity index (χ0v) is 13.3. The van der Waals surface area contributed by atoms with E-state index in [1.54, 1.807) is 21.5 Å². The molecule has 122 valence electrons. The number of rotatable bonds is 2. The molecule has 6 nitrogen and oxygen atoms in total. The SMILES string of the molecule is Cn1cc2cc(-n3nc(N)cc3-c3ccc(C#N)c(F)c3)ccc2n1. The maximum absolute atomic E-state index is 14.0. The number of nitrogen functional groups attached to an aromatic ring is 1. The van der Waals surface area contributed by atoms with Crippen LogP contribution in [-0.4, -0.2) is 19.6 Å². The Kier molecular flexibility index (Phi) is 3.25. The first kappa shape index (κ1) is 14.9. The second-order valence-electron chi connectivity index (χ2n) is 5.72. The van der Waals surface area contributed by atoms with Crippen molar-refractivity contribution in [1.29, 1.82) is 5.26 Å². The van der Waals surface area contributed by atoms with E-state index in [4.69, 9.17) is 11.0 Å². The normalized spacial score (nSPS) is 10.9. The van der Waals surface area contributed by atoms with Crippen molar-refractivity contribution in [2.45, 2.75) is 0 Å². The number of nitrogens with two attached hydrogens (primary N) is 1. The maximum atomic E-state index is 14.0. The lowest BCUT2D eigenvalue weighted by Gasteiger charge is -2.08. The van der Waals surface area contributed by atoms with Gasteiger partial charge in [-0.1, -0.05) is 6.07 Å². The average molecular weight is 332 g/mol. The van der Waals surface area contributed by atoms with Gasteiger partial charge in [0, 0.05) is 30.3 Å². The molecule has 7 heteroatoms. The van der Waals surface area contributed by atoms with E-state index >= 15 is 0 Å². The summed E-state index contributed by atoms with van der Waals surface area (Å²) in [6.45, 7) is 0. The van der Waals surface area contributed by atoms with Crippen LogP contribution in [0.1, 0.15) is 5.56 Å². The molecule has 0 amide bonds. The number of hydrogen-bond donors (Lipinski definition) is 1. The van der Waals surface area contributed by atoms with Crippen LogP contribution in [0.3, 0.4) is 0 Å². The van der Waals surface area contributed by atoms with Crippen molar-refractivity contribution in [3.05, 3.63) is 60.0 Å². The van der Waals surface area contributed by atoms with Crippen LogP contribution in [-0.2, 0) is 7.05 Å². The standard InChI is InChI=1S/C18H13FN6/c1-24-10-13-6-14(4-5-16(13)22-24)25-17(8-18(21)23-25)11-2-3-12(9-20)15(19)7-11/h2-8,10H,1H3,(H2,21,23). The molecule has 0 saturated heterocycles. The van der Waals surface area contributed by atoms with E-state index < -0.39 is 5.82 Å². The number of hydrogen-bond acceptors (Lipinski definition) is 4. The molecule has 0 aliphatic rings. The van der Waals surface area contributed by atoms with Crippen LogP contribution in [0.4, 0.5) is 10.2 Å². The minimum absolute atomic E-state index is 0.000401. The number of halogens is 1. The van der Waals surface area contributed by atoms with Gasteiger partial charge in [-0.25, -0.2) is 9.07 Å². The summed E-state index contributed by atoms with van der Waals surface area (Å²) < 4.78 is 17.4. The predicted molar refractivity (Wildman–Crippen MR) is 92.4 cm³/mol. The van der Waals surface area contributed by atoms with E-state index in [2.05, 4.69) is 10.2 Å². The molecular formula is C18H13FN6. The number of nitriles is 1. The van der Waals surface area contributed by atoms with Gasteiger partial charge in [-0.3, -0.25) is 4.68 Å². The fourth-order valence-electron chi connectivity index (χ4n) is 2.84. The summed E-state index contributed by atoms with van der Waals surface area (Å²) in [5.41, 5.74) is 8.76. The van der Waals surface area contributed by atoms with Crippen molar-refractivity contribution in [2.24, 2.45) is 7.05 Å². The van der Waals surface area contributed by atoms with E-state index in [0.29, 0.717) is 17.1 Å². The van der Waals surface area contributed by atoms with Gasteiger partial charge in [0.25, 0.3) is 0 Å². The number of aromatic nitrogens is 4. The van der Waals surface area contributed by atoms with Crippen molar-refractivity contribution >= 4 is 16.7 Å². The van der Waals surface area contributed by atoms with Crippen molar-refractivity contribution in [2.75, 3.05) is 5.73 Å². The number of anilines is 1. The zero-order valence-electron chi connectivity index (χ0n) is 13.3. The highest BCUT2D eigenvalue weighted by Gasteiger charge is 2.13. The highest BCUT2D eigenvalue weighted by Crippen LogP contribution is 2.27. The Balaban J connectivity index is 1.88. The fraction of sp³-hybridized carbons (Fsp3) is 0.0556. The Morgan fingerprint density at radius 1 is 1.12 bits per heavy atom. The van der Waals surface area contributed by atoms with Gasteiger partial charge < -0.3 is 5.73 Å². The third kappa shape index (κ3) is 2.50. The summed E-state index contributed by atoms with van der Waals surface area (Å²) in [7, 11) is 1.86. The summed E-state index contributed by atoms with van der Waals surface area (Å²) in [5.74, 6) is -0.250. The summed E-state index contributed by atoms with van der Waals surface area (Å²) in [6, 6.07) is 13.6. The molecule has 0 atom stereocenters. The third-order valence-electron chi connectivity index (χ3n) is 3.96. The number of aryl methyl sites for hydroxylation is 1. The van der Waals surface area contributed by atoms with Gasteiger partial charge in [-0.2, -0.15) is 15.5 Å². The van der Waals surface area contributed by atoms with E-state index in [1.165, 1.54) is 12.1 Å². The zero-order chi connectivity index (χ0) is 17.6. The first-order chi connectivity index (χ1) is 12.0. The monoisotopic (exact) mass is 332 g/mol. The minimum atomic E-state index is -0.575.